The zero-order valence-corrected chi connectivity index (χ0v) is 18.2. The monoisotopic (exact) mass is 459 g/mol. The summed E-state index contributed by atoms with van der Waals surface area (Å²) in [5.74, 6) is -2.33. The van der Waals surface area contributed by atoms with Crippen molar-refractivity contribution in [1.82, 2.24) is 15.2 Å². The van der Waals surface area contributed by atoms with Gasteiger partial charge < -0.3 is 10.3 Å². The highest BCUT2D eigenvalue weighted by molar-refractivity contribution is 5.98. The van der Waals surface area contributed by atoms with E-state index in [1.165, 1.54) is 0 Å². The Morgan fingerprint density at radius 3 is 2.52 bits per heavy atom. The van der Waals surface area contributed by atoms with Crippen LogP contribution in [0.25, 0.3) is 10.9 Å². The molecule has 3 heterocycles. The van der Waals surface area contributed by atoms with Crippen molar-refractivity contribution in [3.63, 3.8) is 0 Å². The number of para-hydroxylation sites is 1. The smallest absolute Gasteiger partial charge is 0.168 e. The average Bonchev–Trinajstić information content (AvgIpc) is 3.11. The molecule has 2 aliphatic rings. The number of carbonyl (C=O) groups is 1. The summed E-state index contributed by atoms with van der Waals surface area (Å²) < 4.78 is 58.3. The fraction of sp³-hybridized carbons (Fsp3) is 0.400. The largest absolute Gasteiger partial charge is 0.357 e. The molecule has 4 nitrogen and oxygen atoms in total. The molecule has 5 rings (SSSR count). The molecule has 2 N–H and O–H groups in total. The summed E-state index contributed by atoms with van der Waals surface area (Å²) in [7, 11) is 0. The molecular formula is C25H25F4N3O. The quantitative estimate of drug-likeness (QED) is 0.422. The van der Waals surface area contributed by atoms with E-state index in [2.05, 4.69) is 10.3 Å². The maximum absolute atomic E-state index is 15.5. The van der Waals surface area contributed by atoms with Crippen LogP contribution in [0.3, 0.4) is 0 Å². The third-order valence-corrected chi connectivity index (χ3v) is 6.88. The fourth-order valence-corrected chi connectivity index (χ4v) is 5.08. The summed E-state index contributed by atoms with van der Waals surface area (Å²) in [5, 5.41) is 3.92. The lowest BCUT2D eigenvalue weighted by molar-refractivity contribution is 0.0874. The highest BCUT2D eigenvalue weighted by atomic mass is 19.2. The van der Waals surface area contributed by atoms with Gasteiger partial charge in [0.2, 0.25) is 0 Å². The number of Topliss-reactive ketones (excluding diaryl/α,β-unsaturated/α-hetero) is 1. The Balaban J connectivity index is 1.65. The first-order valence-electron chi connectivity index (χ1n) is 11.2. The van der Waals surface area contributed by atoms with Gasteiger partial charge in [-0.15, -0.1) is 0 Å². The number of aromatic nitrogens is 1. The molecule has 2 aliphatic heterocycles. The second-order valence-corrected chi connectivity index (χ2v) is 9.04. The van der Waals surface area contributed by atoms with E-state index in [1.54, 1.807) is 4.90 Å². The Morgan fingerprint density at radius 1 is 1.18 bits per heavy atom. The molecule has 174 valence electrons. The van der Waals surface area contributed by atoms with Gasteiger partial charge in [-0.05, 0) is 37.1 Å². The number of hydrogen-bond donors (Lipinski definition) is 2. The highest BCUT2D eigenvalue weighted by Gasteiger charge is 2.40. The Kier molecular flexibility index (Phi) is 5.74. The third kappa shape index (κ3) is 3.75. The van der Waals surface area contributed by atoms with Gasteiger partial charge in [-0.3, -0.25) is 9.69 Å². The summed E-state index contributed by atoms with van der Waals surface area (Å²) in [6.07, 6.45) is -1.25. The number of carbonyl (C=O) groups excluding carboxylic acids is 1. The number of halogens is 4. The van der Waals surface area contributed by atoms with E-state index in [4.69, 9.17) is 0 Å². The van der Waals surface area contributed by atoms with E-state index < -0.39 is 30.5 Å². The number of nitrogens with zero attached hydrogens (tertiary/aromatic N) is 1. The number of rotatable bonds is 6. The number of benzene rings is 2. The lowest BCUT2D eigenvalue weighted by atomic mass is 9.86. The summed E-state index contributed by atoms with van der Waals surface area (Å²) in [5.41, 5.74) is 2.02. The molecule has 1 aromatic heterocycles. The molecule has 0 saturated carbocycles. The number of alkyl halides is 2. The molecule has 0 radical (unpaired) electrons. The predicted octanol–water partition coefficient (Wildman–Crippen LogP) is 4.49. The van der Waals surface area contributed by atoms with Crippen molar-refractivity contribution in [2.24, 2.45) is 5.92 Å². The summed E-state index contributed by atoms with van der Waals surface area (Å²) in [6.45, 7) is 1.34. The summed E-state index contributed by atoms with van der Waals surface area (Å²) in [4.78, 5) is 17.4. The van der Waals surface area contributed by atoms with Crippen LogP contribution in [0.15, 0.2) is 36.4 Å². The minimum Gasteiger partial charge on any atom is -0.357 e. The minimum atomic E-state index is -1.78. The fourth-order valence-electron chi connectivity index (χ4n) is 5.08. The van der Waals surface area contributed by atoms with Crippen LogP contribution in [0.5, 0.6) is 0 Å². The van der Waals surface area contributed by atoms with Crippen LogP contribution >= 0.6 is 0 Å². The number of H-pyrrole nitrogens is 1. The first-order valence-corrected chi connectivity index (χ1v) is 11.2. The van der Waals surface area contributed by atoms with Crippen molar-refractivity contribution in [3.8, 4) is 0 Å². The van der Waals surface area contributed by atoms with Crippen LogP contribution in [0.4, 0.5) is 17.6 Å². The molecule has 0 aliphatic carbocycles. The Labute approximate surface area is 189 Å². The number of hydrogen-bond acceptors (Lipinski definition) is 3. The SMILES string of the molecule is C[C@@H]1Cc2c([nH]c3ccccc23)[C@@H](c2c(F)cc(C(=O)C3CNC3)cc2F)N1CC(F)CF. The van der Waals surface area contributed by atoms with E-state index in [0.717, 1.165) is 28.6 Å². The van der Waals surface area contributed by atoms with E-state index >= 15 is 8.78 Å². The van der Waals surface area contributed by atoms with Crippen molar-refractivity contribution in [3.05, 3.63) is 70.4 Å². The van der Waals surface area contributed by atoms with Crippen molar-refractivity contribution >= 4 is 16.7 Å². The van der Waals surface area contributed by atoms with E-state index in [9.17, 15) is 13.6 Å². The molecule has 8 heteroatoms. The van der Waals surface area contributed by atoms with Crippen LogP contribution in [-0.2, 0) is 6.42 Å². The first kappa shape index (κ1) is 22.1. The van der Waals surface area contributed by atoms with Gasteiger partial charge in [-0.25, -0.2) is 17.6 Å². The lowest BCUT2D eigenvalue weighted by Gasteiger charge is -2.41. The van der Waals surface area contributed by atoms with Crippen molar-refractivity contribution < 1.29 is 22.4 Å². The minimum absolute atomic E-state index is 0.0142. The Bertz CT molecular complexity index is 1180. The first-order chi connectivity index (χ1) is 15.9. The molecule has 3 aromatic rings. The molecule has 33 heavy (non-hydrogen) atoms. The molecule has 1 saturated heterocycles. The van der Waals surface area contributed by atoms with Crippen LogP contribution in [0.1, 0.15) is 40.1 Å². The zero-order chi connectivity index (χ0) is 23.3. The molecule has 3 atom stereocenters. The molecule has 0 bridgehead atoms. The number of aromatic amines is 1. The maximum Gasteiger partial charge on any atom is 0.168 e. The molecule has 0 spiro atoms. The summed E-state index contributed by atoms with van der Waals surface area (Å²) >= 11 is 0. The molecule has 1 fully saturated rings. The van der Waals surface area contributed by atoms with Gasteiger partial charge >= 0.3 is 0 Å². The van der Waals surface area contributed by atoms with Gasteiger partial charge in [0.05, 0.1) is 6.04 Å². The van der Waals surface area contributed by atoms with Gasteiger partial charge in [0.25, 0.3) is 0 Å². The number of nitrogens with one attached hydrogen (secondary N) is 2. The van der Waals surface area contributed by atoms with Crippen LogP contribution < -0.4 is 5.32 Å². The molecule has 0 amide bonds. The molecule has 1 unspecified atom stereocenters. The number of ketones is 1. The van der Waals surface area contributed by atoms with Crippen molar-refractivity contribution in [1.29, 1.82) is 0 Å². The van der Waals surface area contributed by atoms with Gasteiger partial charge in [0.15, 0.2) is 5.78 Å². The maximum atomic E-state index is 15.5. The highest BCUT2D eigenvalue weighted by Crippen LogP contribution is 2.42. The standard InChI is InChI=1S/C25H25F4N3O/c1-13-6-18-17-4-2-3-5-21(17)31-23(18)24(32(13)12-16(27)9-26)22-19(28)7-14(8-20(22)29)25(33)15-10-30-11-15/h2-5,7-8,13,15-16,24,30-31H,6,9-12H2,1H3/t13-,16?,24-/m1/s1. The molecular weight excluding hydrogens is 434 g/mol. The average molecular weight is 459 g/mol. The van der Waals surface area contributed by atoms with Crippen LogP contribution in [-0.4, -0.2) is 54.2 Å². The van der Waals surface area contributed by atoms with E-state index in [0.29, 0.717) is 25.2 Å². The normalized spacial score (nSPS) is 22.2. The van der Waals surface area contributed by atoms with Gasteiger partial charge in [-0.1, -0.05) is 18.2 Å². The number of fused-ring (bicyclic) bond motifs is 3. The zero-order valence-electron chi connectivity index (χ0n) is 18.2. The second kappa shape index (κ2) is 8.57. The van der Waals surface area contributed by atoms with Crippen molar-refractivity contribution in [2.45, 2.75) is 31.6 Å². The van der Waals surface area contributed by atoms with Gasteiger partial charge in [0.1, 0.15) is 24.5 Å². The van der Waals surface area contributed by atoms with Crippen LogP contribution in [0, 0.1) is 17.6 Å². The van der Waals surface area contributed by atoms with E-state index in [1.807, 2.05) is 31.2 Å². The van der Waals surface area contributed by atoms with E-state index in [-0.39, 0.29) is 35.4 Å². The predicted molar refractivity (Wildman–Crippen MR) is 118 cm³/mol. The Hall–Kier alpha value is -2.71. The summed E-state index contributed by atoms with van der Waals surface area (Å²) in [6, 6.07) is 8.44. The second-order valence-electron chi connectivity index (χ2n) is 9.04. The van der Waals surface area contributed by atoms with Gasteiger partial charge in [-0.2, -0.15) is 0 Å². The Morgan fingerprint density at radius 2 is 1.88 bits per heavy atom. The van der Waals surface area contributed by atoms with Gasteiger partial charge in [0, 0.05) is 59.3 Å². The third-order valence-electron chi connectivity index (χ3n) is 6.88. The van der Waals surface area contributed by atoms with Crippen LogP contribution in [0.2, 0.25) is 0 Å². The topological polar surface area (TPSA) is 48.1 Å². The van der Waals surface area contributed by atoms with Crippen molar-refractivity contribution in [2.75, 3.05) is 26.3 Å². The molecule has 2 aromatic carbocycles. The lowest BCUT2D eigenvalue weighted by Crippen LogP contribution is -2.47.